The highest BCUT2D eigenvalue weighted by molar-refractivity contribution is 6.42. The normalized spacial score (nSPS) is 10.9. The molecule has 2 N–H and O–H groups in total. The van der Waals surface area contributed by atoms with Crippen LogP contribution >= 0.6 is 34.8 Å². The van der Waals surface area contributed by atoms with Crippen LogP contribution < -0.4 is 5.32 Å². The molecule has 0 fully saturated rings. The summed E-state index contributed by atoms with van der Waals surface area (Å²) < 4.78 is 1.62. The van der Waals surface area contributed by atoms with Crippen LogP contribution in [0.15, 0.2) is 54.9 Å². The molecule has 0 aliphatic heterocycles. The van der Waals surface area contributed by atoms with Crippen molar-refractivity contribution < 1.29 is 4.79 Å². The number of benzene rings is 2. The highest BCUT2D eigenvalue weighted by Crippen LogP contribution is 2.27. The lowest BCUT2D eigenvalue weighted by molar-refractivity contribution is 0.102. The molecule has 4 aromatic rings. The summed E-state index contributed by atoms with van der Waals surface area (Å²) in [6.45, 7) is 0.506. The fraction of sp³-hybridized carbons (Fsp3) is 0.0526. The highest BCUT2D eigenvalue weighted by atomic mass is 35.5. The van der Waals surface area contributed by atoms with Crippen LogP contribution in [0.4, 0.5) is 5.95 Å². The van der Waals surface area contributed by atoms with E-state index in [4.69, 9.17) is 34.8 Å². The van der Waals surface area contributed by atoms with Gasteiger partial charge < -0.3 is 0 Å². The van der Waals surface area contributed by atoms with Crippen LogP contribution in [0.2, 0.25) is 15.1 Å². The van der Waals surface area contributed by atoms with E-state index in [2.05, 4.69) is 25.6 Å². The van der Waals surface area contributed by atoms with Crippen molar-refractivity contribution in [2.75, 3.05) is 5.32 Å². The van der Waals surface area contributed by atoms with Crippen LogP contribution in [0.5, 0.6) is 0 Å². The Morgan fingerprint density at radius 2 is 1.83 bits per heavy atom. The summed E-state index contributed by atoms with van der Waals surface area (Å²) in [4.78, 5) is 16.6. The number of aromatic amines is 1. The molecule has 0 unspecified atom stereocenters. The van der Waals surface area contributed by atoms with Gasteiger partial charge in [-0.3, -0.25) is 15.2 Å². The van der Waals surface area contributed by atoms with Gasteiger partial charge in [-0.05, 0) is 35.9 Å². The van der Waals surface area contributed by atoms with Crippen LogP contribution in [0.1, 0.15) is 16.1 Å². The fourth-order valence-corrected chi connectivity index (χ4v) is 3.04. The van der Waals surface area contributed by atoms with E-state index in [1.165, 1.54) is 6.33 Å². The zero-order valence-electron chi connectivity index (χ0n) is 14.7. The first-order chi connectivity index (χ1) is 14.0. The molecule has 10 heteroatoms. The molecule has 0 radical (unpaired) electrons. The standard InChI is InChI=1S/C19H13Cl3N6O/c20-13-4-1-11(2-5-13)9-28-10-23-19(27-28)24-18(29)17-8-16(25-26-17)12-3-6-14(21)15(22)7-12/h1-8,10H,9H2,(H,25,26)(H,24,27,29). The van der Waals surface area contributed by atoms with Crippen LogP contribution in [0.3, 0.4) is 0 Å². The zero-order valence-corrected chi connectivity index (χ0v) is 17.0. The molecule has 0 aliphatic carbocycles. The number of nitrogens with zero attached hydrogens (tertiary/aromatic N) is 4. The van der Waals surface area contributed by atoms with E-state index in [1.54, 1.807) is 41.1 Å². The number of anilines is 1. The van der Waals surface area contributed by atoms with E-state index in [-0.39, 0.29) is 11.6 Å². The van der Waals surface area contributed by atoms with Crippen molar-refractivity contribution in [1.82, 2.24) is 25.0 Å². The topological polar surface area (TPSA) is 88.5 Å². The Bertz CT molecular complexity index is 1170. The van der Waals surface area contributed by atoms with Crippen LogP contribution in [0.25, 0.3) is 11.3 Å². The first-order valence-corrected chi connectivity index (χ1v) is 9.57. The molecule has 2 aromatic heterocycles. The maximum Gasteiger partial charge on any atom is 0.276 e. The van der Waals surface area contributed by atoms with Gasteiger partial charge in [-0.25, -0.2) is 9.67 Å². The van der Waals surface area contributed by atoms with Crippen LogP contribution in [-0.2, 0) is 6.54 Å². The number of hydrogen-bond acceptors (Lipinski definition) is 4. The van der Waals surface area contributed by atoms with Gasteiger partial charge in [0, 0.05) is 10.6 Å². The maximum atomic E-state index is 12.5. The molecule has 2 heterocycles. The lowest BCUT2D eigenvalue weighted by atomic mass is 10.1. The number of carbonyl (C=O) groups is 1. The van der Waals surface area contributed by atoms with Crippen molar-refractivity contribution >= 4 is 46.7 Å². The summed E-state index contributed by atoms with van der Waals surface area (Å²) >= 11 is 17.8. The molecule has 29 heavy (non-hydrogen) atoms. The van der Waals surface area contributed by atoms with E-state index in [0.29, 0.717) is 27.3 Å². The summed E-state index contributed by atoms with van der Waals surface area (Å²) in [5.74, 6) is -0.220. The molecular weight excluding hydrogens is 435 g/mol. The molecule has 1 amide bonds. The number of halogens is 3. The van der Waals surface area contributed by atoms with Gasteiger partial charge >= 0.3 is 0 Å². The van der Waals surface area contributed by atoms with Gasteiger partial charge in [-0.1, -0.05) is 53.0 Å². The Hall–Kier alpha value is -2.87. The quantitative estimate of drug-likeness (QED) is 0.454. The molecule has 7 nitrogen and oxygen atoms in total. The Morgan fingerprint density at radius 1 is 1.03 bits per heavy atom. The molecule has 0 bridgehead atoms. The van der Waals surface area contributed by atoms with Crippen LogP contribution in [0, 0.1) is 0 Å². The summed E-state index contributed by atoms with van der Waals surface area (Å²) in [5, 5.41) is 15.3. The fourth-order valence-electron chi connectivity index (χ4n) is 2.62. The van der Waals surface area contributed by atoms with Crippen LogP contribution in [-0.4, -0.2) is 30.9 Å². The minimum Gasteiger partial charge on any atom is -0.288 e. The minimum absolute atomic E-state index is 0.189. The number of H-pyrrole nitrogens is 1. The van der Waals surface area contributed by atoms with Gasteiger partial charge in [-0.2, -0.15) is 5.10 Å². The number of hydrogen-bond donors (Lipinski definition) is 2. The molecule has 0 saturated carbocycles. The Balaban J connectivity index is 1.43. The summed E-state index contributed by atoms with van der Waals surface area (Å²) in [6, 6.07) is 14.1. The van der Waals surface area contributed by atoms with Crippen molar-refractivity contribution in [3.05, 3.63) is 81.2 Å². The summed E-state index contributed by atoms with van der Waals surface area (Å²) in [6.07, 6.45) is 1.54. The van der Waals surface area contributed by atoms with E-state index < -0.39 is 5.91 Å². The number of rotatable bonds is 5. The van der Waals surface area contributed by atoms with Crippen molar-refractivity contribution in [3.63, 3.8) is 0 Å². The van der Waals surface area contributed by atoms with Gasteiger partial charge in [0.1, 0.15) is 12.0 Å². The minimum atomic E-state index is -0.409. The van der Waals surface area contributed by atoms with E-state index in [1.807, 2.05) is 12.1 Å². The average Bonchev–Trinajstić information content (AvgIpc) is 3.36. The predicted molar refractivity (Wildman–Crippen MR) is 113 cm³/mol. The van der Waals surface area contributed by atoms with E-state index in [9.17, 15) is 4.79 Å². The molecule has 4 rings (SSSR count). The number of carbonyl (C=O) groups excluding carboxylic acids is 1. The second-order valence-corrected chi connectivity index (χ2v) is 7.39. The molecule has 0 spiro atoms. The SMILES string of the molecule is O=C(Nc1ncn(Cc2ccc(Cl)cc2)n1)c1cc(-c2ccc(Cl)c(Cl)c2)n[nH]1. The first kappa shape index (κ1) is 19.4. The molecular formula is C19H13Cl3N6O. The highest BCUT2D eigenvalue weighted by Gasteiger charge is 2.14. The third-order valence-corrected chi connectivity index (χ3v) is 5.05. The van der Waals surface area contributed by atoms with E-state index in [0.717, 1.165) is 11.1 Å². The van der Waals surface area contributed by atoms with Crippen molar-refractivity contribution in [1.29, 1.82) is 0 Å². The Kier molecular flexibility index (Phi) is 5.53. The van der Waals surface area contributed by atoms with Gasteiger partial charge in [0.15, 0.2) is 0 Å². The van der Waals surface area contributed by atoms with Crippen molar-refractivity contribution in [3.8, 4) is 11.3 Å². The van der Waals surface area contributed by atoms with Crippen molar-refractivity contribution in [2.45, 2.75) is 6.54 Å². The lowest BCUT2D eigenvalue weighted by Crippen LogP contribution is -2.14. The van der Waals surface area contributed by atoms with E-state index >= 15 is 0 Å². The Morgan fingerprint density at radius 3 is 2.59 bits per heavy atom. The summed E-state index contributed by atoms with van der Waals surface area (Å²) in [7, 11) is 0. The largest absolute Gasteiger partial charge is 0.288 e. The molecule has 0 aliphatic rings. The maximum absolute atomic E-state index is 12.5. The smallest absolute Gasteiger partial charge is 0.276 e. The van der Waals surface area contributed by atoms with Gasteiger partial charge in [0.05, 0.1) is 22.3 Å². The second kappa shape index (κ2) is 8.24. The monoisotopic (exact) mass is 446 g/mol. The number of amides is 1. The third kappa shape index (κ3) is 4.59. The molecule has 0 atom stereocenters. The average molecular weight is 448 g/mol. The Labute approximate surface area is 180 Å². The number of nitrogens with one attached hydrogen (secondary N) is 2. The third-order valence-electron chi connectivity index (χ3n) is 4.06. The molecule has 2 aromatic carbocycles. The van der Waals surface area contributed by atoms with Gasteiger partial charge in [-0.15, -0.1) is 5.10 Å². The second-order valence-electron chi connectivity index (χ2n) is 6.14. The van der Waals surface area contributed by atoms with Gasteiger partial charge in [0.25, 0.3) is 5.91 Å². The van der Waals surface area contributed by atoms with Crippen molar-refractivity contribution in [2.24, 2.45) is 0 Å². The van der Waals surface area contributed by atoms with Gasteiger partial charge in [0.2, 0.25) is 5.95 Å². The molecule has 146 valence electrons. The first-order valence-electron chi connectivity index (χ1n) is 8.44. The molecule has 0 saturated heterocycles. The summed E-state index contributed by atoms with van der Waals surface area (Å²) in [5.41, 5.74) is 2.58. The predicted octanol–water partition coefficient (Wildman–Crippen LogP) is 4.93. The zero-order chi connectivity index (χ0) is 20.4. The number of aromatic nitrogens is 5. The lowest BCUT2D eigenvalue weighted by Gasteiger charge is -2.01.